The highest BCUT2D eigenvalue weighted by Crippen LogP contribution is 2.32. The largest absolute Gasteiger partial charge is 0.394 e. The molecule has 1 unspecified atom stereocenters. The topological polar surface area (TPSA) is 88.2 Å². The molecule has 0 aliphatic heterocycles. The molecule has 1 aliphatic rings. The minimum Gasteiger partial charge on any atom is -0.394 e. The number of aryl methyl sites for hydroxylation is 1. The molecular formula is C17H29N3O3. The van der Waals surface area contributed by atoms with Gasteiger partial charge in [-0.05, 0) is 24.7 Å². The summed E-state index contributed by atoms with van der Waals surface area (Å²) in [7, 11) is 0. The molecule has 0 radical (unpaired) electrons. The lowest BCUT2D eigenvalue weighted by molar-refractivity contribution is -0.122. The van der Waals surface area contributed by atoms with Crippen molar-refractivity contribution in [3.05, 3.63) is 11.7 Å². The van der Waals surface area contributed by atoms with Crippen molar-refractivity contribution < 1.29 is 14.4 Å². The molecule has 2 rings (SSSR count). The van der Waals surface area contributed by atoms with Gasteiger partial charge >= 0.3 is 0 Å². The Kier molecular flexibility index (Phi) is 6.16. The molecule has 1 atom stereocenters. The number of aromatic nitrogens is 2. The maximum Gasteiger partial charge on any atom is 0.227 e. The van der Waals surface area contributed by atoms with Crippen molar-refractivity contribution in [3.8, 4) is 0 Å². The van der Waals surface area contributed by atoms with Crippen molar-refractivity contribution in [3.63, 3.8) is 0 Å². The third kappa shape index (κ3) is 5.94. The molecule has 6 heteroatoms. The lowest BCUT2D eigenvalue weighted by Gasteiger charge is -2.25. The highest BCUT2D eigenvalue weighted by atomic mass is 16.5. The van der Waals surface area contributed by atoms with Gasteiger partial charge in [0.2, 0.25) is 11.8 Å². The summed E-state index contributed by atoms with van der Waals surface area (Å²) in [6.07, 6.45) is 6.20. The van der Waals surface area contributed by atoms with Gasteiger partial charge in [0.05, 0.1) is 12.6 Å². The minimum atomic E-state index is -0.209. The lowest BCUT2D eigenvalue weighted by Crippen LogP contribution is -2.40. The average molecular weight is 323 g/mol. The number of hydrogen-bond donors (Lipinski definition) is 2. The summed E-state index contributed by atoms with van der Waals surface area (Å²) in [5, 5.41) is 16.3. The maximum atomic E-state index is 12.0. The molecule has 0 bridgehead atoms. The van der Waals surface area contributed by atoms with Gasteiger partial charge in [-0.25, -0.2) is 0 Å². The van der Waals surface area contributed by atoms with Crippen molar-refractivity contribution in [2.75, 3.05) is 6.61 Å². The number of rotatable bonds is 7. The Morgan fingerprint density at radius 3 is 2.70 bits per heavy atom. The molecule has 1 aliphatic carbocycles. The molecule has 1 aromatic heterocycles. The predicted molar refractivity (Wildman–Crippen MR) is 86.9 cm³/mol. The second-order valence-corrected chi connectivity index (χ2v) is 7.74. The van der Waals surface area contributed by atoms with Crippen LogP contribution in [0.3, 0.4) is 0 Å². The first-order valence-corrected chi connectivity index (χ1v) is 8.60. The van der Waals surface area contributed by atoms with Crippen LogP contribution in [0.15, 0.2) is 4.52 Å². The SMILES string of the molecule is CC(C)(C)CC(CO)NC(=O)CCc1nc(C2CCCC2)no1. The van der Waals surface area contributed by atoms with Crippen LogP contribution < -0.4 is 5.32 Å². The first-order chi connectivity index (χ1) is 10.9. The number of carbonyl (C=O) groups is 1. The molecular weight excluding hydrogens is 294 g/mol. The van der Waals surface area contributed by atoms with E-state index >= 15 is 0 Å². The zero-order chi connectivity index (χ0) is 16.9. The number of hydrogen-bond acceptors (Lipinski definition) is 5. The fraction of sp³-hybridized carbons (Fsp3) is 0.824. The van der Waals surface area contributed by atoms with E-state index in [4.69, 9.17) is 4.52 Å². The van der Waals surface area contributed by atoms with E-state index in [1.807, 2.05) is 0 Å². The highest BCUT2D eigenvalue weighted by Gasteiger charge is 2.23. The second-order valence-electron chi connectivity index (χ2n) is 7.74. The van der Waals surface area contributed by atoms with E-state index in [0.717, 1.165) is 25.1 Å². The van der Waals surface area contributed by atoms with Crippen LogP contribution in [-0.4, -0.2) is 33.8 Å². The van der Waals surface area contributed by atoms with E-state index in [9.17, 15) is 9.90 Å². The fourth-order valence-electron chi connectivity index (χ4n) is 3.14. The van der Waals surface area contributed by atoms with Gasteiger partial charge in [0.25, 0.3) is 0 Å². The zero-order valence-electron chi connectivity index (χ0n) is 14.5. The van der Waals surface area contributed by atoms with Crippen LogP contribution in [0.4, 0.5) is 0 Å². The van der Waals surface area contributed by atoms with E-state index in [2.05, 4.69) is 36.2 Å². The molecule has 6 nitrogen and oxygen atoms in total. The predicted octanol–water partition coefficient (Wildman–Crippen LogP) is 2.57. The van der Waals surface area contributed by atoms with Crippen molar-refractivity contribution in [1.82, 2.24) is 15.5 Å². The molecule has 0 saturated heterocycles. The molecule has 1 fully saturated rings. The van der Waals surface area contributed by atoms with Crippen molar-refractivity contribution in [2.24, 2.45) is 5.41 Å². The van der Waals surface area contributed by atoms with Gasteiger partial charge in [0.15, 0.2) is 5.82 Å². The summed E-state index contributed by atoms with van der Waals surface area (Å²) < 4.78 is 5.25. The van der Waals surface area contributed by atoms with E-state index in [0.29, 0.717) is 24.7 Å². The van der Waals surface area contributed by atoms with Gasteiger partial charge in [-0.1, -0.05) is 38.8 Å². The standard InChI is InChI=1S/C17H29N3O3/c1-17(2,3)10-13(11-21)18-14(22)8-9-15-19-16(20-23-15)12-6-4-5-7-12/h12-13,21H,4-11H2,1-3H3,(H,18,22). The monoisotopic (exact) mass is 323 g/mol. The minimum absolute atomic E-state index is 0.0462. The number of carbonyl (C=O) groups excluding carboxylic acids is 1. The molecule has 1 saturated carbocycles. The van der Waals surface area contributed by atoms with Gasteiger partial charge in [0, 0.05) is 18.8 Å². The molecule has 0 aromatic carbocycles. The summed E-state index contributed by atoms with van der Waals surface area (Å²) >= 11 is 0. The molecule has 1 amide bonds. The third-order valence-corrected chi connectivity index (χ3v) is 4.21. The molecule has 23 heavy (non-hydrogen) atoms. The van der Waals surface area contributed by atoms with Crippen LogP contribution in [-0.2, 0) is 11.2 Å². The van der Waals surface area contributed by atoms with Crippen LogP contribution in [0.1, 0.15) is 76.9 Å². The first-order valence-electron chi connectivity index (χ1n) is 8.60. The smallest absolute Gasteiger partial charge is 0.227 e. The number of nitrogens with one attached hydrogen (secondary N) is 1. The van der Waals surface area contributed by atoms with Gasteiger partial charge in [-0.2, -0.15) is 4.98 Å². The van der Waals surface area contributed by atoms with Crippen LogP contribution in [0.5, 0.6) is 0 Å². The number of amides is 1. The summed E-state index contributed by atoms with van der Waals surface area (Å²) in [5.41, 5.74) is 0.0589. The zero-order valence-corrected chi connectivity index (χ0v) is 14.5. The Morgan fingerprint density at radius 2 is 2.09 bits per heavy atom. The summed E-state index contributed by atoms with van der Waals surface area (Å²) in [4.78, 5) is 16.4. The quantitative estimate of drug-likeness (QED) is 0.805. The van der Waals surface area contributed by atoms with Gasteiger partial charge < -0.3 is 14.9 Å². The van der Waals surface area contributed by atoms with Crippen molar-refractivity contribution in [2.45, 2.75) is 77.7 Å². The Morgan fingerprint density at radius 1 is 1.39 bits per heavy atom. The fourth-order valence-corrected chi connectivity index (χ4v) is 3.14. The Labute approximate surface area is 138 Å². The Hall–Kier alpha value is -1.43. The van der Waals surface area contributed by atoms with Crippen molar-refractivity contribution in [1.29, 1.82) is 0 Å². The average Bonchev–Trinajstić information content (AvgIpc) is 3.13. The number of aliphatic hydroxyl groups excluding tert-OH is 1. The van der Waals surface area contributed by atoms with Gasteiger partial charge in [-0.3, -0.25) is 4.79 Å². The molecule has 0 spiro atoms. The molecule has 1 aromatic rings. The van der Waals surface area contributed by atoms with E-state index in [1.165, 1.54) is 12.8 Å². The van der Waals surface area contributed by atoms with Crippen molar-refractivity contribution >= 4 is 5.91 Å². The summed E-state index contributed by atoms with van der Waals surface area (Å²) in [5.74, 6) is 1.65. The van der Waals surface area contributed by atoms with Gasteiger partial charge in [-0.15, -0.1) is 0 Å². The Bertz CT molecular complexity index is 501. The van der Waals surface area contributed by atoms with Crippen LogP contribution in [0.25, 0.3) is 0 Å². The number of nitrogens with zero attached hydrogens (tertiary/aromatic N) is 2. The molecule has 1 heterocycles. The molecule has 130 valence electrons. The molecule has 2 N–H and O–H groups in total. The van der Waals surface area contributed by atoms with Crippen LogP contribution in [0, 0.1) is 5.41 Å². The maximum absolute atomic E-state index is 12.0. The van der Waals surface area contributed by atoms with E-state index in [-0.39, 0.29) is 24.0 Å². The third-order valence-electron chi connectivity index (χ3n) is 4.21. The van der Waals surface area contributed by atoms with Crippen LogP contribution >= 0.6 is 0 Å². The highest BCUT2D eigenvalue weighted by molar-refractivity contribution is 5.76. The Balaban J connectivity index is 1.77. The second kappa shape index (κ2) is 7.90. The van der Waals surface area contributed by atoms with E-state index in [1.54, 1.807) is 0 Å². The van der Waals surface area contributed by atoms with E-state index < -0.39 is 0 Å². The summed E-state index contributed by atoms with van der Waals surface area (Å²) in [6, 6.07) is -0.209. The van der Waals surface area contributed by atoms with Gasteiger partial charge in [0.1, 0.15) is 0 Å². The van der Waals surface area contributed by atoms with Crippen LogP contribution in [0.2, 0.25) is 0 Å². The first kappa shape index (κ1) is 17.9. The normalized spacial score (nSPS) is 17.4. The number of aliphatic hydroxyl groups is 1. The summed E-state index contributed by atoms with van der Waals surface area (Å²) in [6.45, 7) is 6.22. The lowest BCUT2D eigenvalue weighted by atomic mass is 9.88.